The van der Waals surface area contributed by atoms with Crippen molar-refractivity contribution >= 4 is 83.0 Å². The van der Waals surface area contributed by atoms with Gasteiger partial charge in [-0.1, -0.05) is 23.2 Å². The first-order valence-corrected chi connectivity index (χ1v) is 18.3. The molecule has 0 spiro atoms. The Kier molecular flexibility index (Phi) is 14.5. The molecule has 16 heteroatoms. The van der Waals surface area contributed by atoms with Crippen LogP contribution in [0.25, 0.3) is 0 Å². The lowest BCUT2D eigenvalue weighted by Crippen LogP contribution is -1.96. The van der Waals surface area contributed by atoms with Crippen LogP contribution in [0, 0.1) is 0 Å². The fraction of sp³-hybridized carbons (Fsp3) is 0.143. The summed E-state index contributed by atoms with van der Waals surface area (Å²) in [6.45, 7) is -5.44. The minimum Gasteiger partial charge on any atom is -0.424 e. The number of hydrogen-bond donors (Lipinski definition) is 0. The van der Waals surface area contributed by atoms with E-state index in [4.69, 9.17) is 74.0 Å². The fourth-order valence-electron chi connectivity index (χ4n) is 2.95. The molecule has 0 aromatic heterocycles. The molecule has 0 radical (unpaired) electrons. The van der Waals surface area contributed by atoms with Crippen molar-refractivity contribution in [1.29, 1.82) is 0 Å². The minimum atomic E-state index is -2.72. The fourth-order valence-corrected chi connectivity index (χ4v) is 5.07. The molecular formula is C28H28Cl2N4O6P2S2. The highest BCUT2D eigenvalue weighted by molar-refractivity contribution is 8.08. The molecule has 0 aliphatic rings. The molecule has 0 N–H and O–H groups in total. The molecule has 0 saturated carbocycles. The predicted molar refractivity (Wildman–Crippen MR) is 182 cm³/mol. The van der Waals surface area contributed by atoms with Gasteiger partial charge in [0.1, 0.15) is 11.5 Å². The van der Waals surface area contributed by atoms with E-state index in [0.29, 0.717) is 32.9 Å². The van der Waals surface area contributed by atoms with Gasteiger partial charge in [-0.25, -0.2) is 0 Å². The van der Waals surface area contributed by atoms with Crippen LogP contribution in [-0.4, -0.2) is 28.4 Å². The van der Waals surface area contributed by atoms with E-state index in [1.807, 2.05) is 0 Å². The number of benzene rings is 4. The van der Waals surface area contributed by atoms with Crippen molar-refractivity contribution in [1.82, 2.24) is 0 Å². The third kappa shape index (κ3) is 12.1. The largest absolute Gasteiger partial charge is 0.424 e. The maximum atomic E-state index is 5.81. The van der Waals surface area contributed by atoms with E-state index in [1.54, 1.807) is 97.1 Å². The highest BCUT2D eigenvalue weighted by Gasteiger charge is 2.19. The number of halogens is 2. The smallest absolute Gasteiger partial charge is 0.380 e. The van der Waals surface area contributed by atoms with Gasteiger partial charge < -0.3 is 27.1 Å². The standard InChI is InChI=1S/2C14H14ClN2O3PS/c2*1-18-21(22,19-2)20-14-9-7-13(8-10-14)17-16-12-5-3-11(15)4-6-12/h2*3-10H,1-2H3. The minimum absolute atomic E-state index is 0.553. The molecule has 4 rings (SSSR count). The number of nitrogens with zero attached hydrogens (tertiary/aromatic N) is 4. The molecule has 10 nitrogen and oxygen atoms in total. The van der Waals surface area contributed by atoms with Crippen molar-refractivity contribution in [2.24, 2.45) is 20.5 Å². The van der Waals surface area contributed by atoms with Gasteiger partial charge in [0.05, 0.1) is 22.7 Å². The lowest BCUT2D eigenvalue weighted by atomic mass is 10.3. The van der Waals surface area contributed by atoms with Crippen molar-refractivity contribution in [2.45, 2.75) is 0 Å². The molecule has 0 aliphatic heterocycles. The summed E-state index contributed by atoms with van der Waals surface area (Å²) in [5.74, 6) is 1.11. The number of rotatable bonds is 12. The maximum Gasteiger partial charge on any atom is 0.380 e. The molecule has 4 aromatic carbocycles. The summed E-state index contributed by atoms with van der Waals surface area (Å²) in [5.41, 5.74) is 2.81. The monoisotopic (exact) mass is 712 g/mol. The van der Waals surface area contributed by atoms with Crippen LogP contribution in [0.3, 0.4) is 0 Å². The van der Waals surface area contributed by atoms with Crippen LogP contribution < -0.4 is 9.05 Å². The van der Waals surface area contributed by atoms with Gasteiger partial charge in [0, 0.05) is 62.1 Å². The Labute approximate surface area is 276 Å². The molecule has 44 heavy (non-hydrogen) atoms. The van der Waals surface area contributed by atoms with Crippen LogP contribution in [0.1, 0.15) is 0 Å². The van der Waals surface area contributed by atoms with Crippen molar-refractivity contribution in [3.05, 3.63) is 107 Å². The number of hydrogen-bond acceptors (Lipinski definition) is 12. The zero-order valence-electron chi connectivity index (χ0n) is 23.9. The lowest BCUT2D eigenvalue weighted by Gasteiger charge is -2.17. The quantitative estimate of drug-likeness (QED) is 0.106. The molecule has 0 unspecified atom stereocenters. The highest BCUT2D eigenvalue weighted by atomic mass is 35.5. The van der Waals surface area contributed by atoms with Crippen LogP contribution in [0.4, 0.5) is 22.7 Å². The van der Waals surface area contributed by atoms with Crippen LogP contribution in [0.2, 0.25) is 10.0 Å². The average molecular weight is 714 g/mol. The van der Waals surface area contributed by atoms with Crippen molar-refractivity contribution in [3.63, 3.8) is 0 Å². The van der Waals surface area contributed by atoms with E-state index in [0.717, 1.165) is 11.4 Å². The Morgan fingerprint density at radius 1 is 0.432 bits per heavy atom. The second kappa shape index (κ2) is 17.8. The summed E-state index contributed by atoms with van der Waals surface area (Å²) in [5, 5.41) is 17.8. The van der Waals surface area contributed by atoms with E-state index >= 15 is 0 Å². The number of azo groups is 2. The van der Waals surface area contributed by atoms with Gasteiger partial charge in [-0.05, 0) is 97.1 Å². The van der Waals surface area contributed by atoms with Gasteiger partial charge >= 0.3 is 13.4 Å². The molecule has 0 heterocycles. The van der Waals surface area contributed by atoms with E-state index in [2.05, 4.69) is 20.5 Å². The summed E-state index contributed by atoms with van der Waals surface area (Å²) in [6, 6.07) is 28.2. The van der Waals surface area contributed by atoms with Crippen molar-refractivity contribution in [2.75, 3.05) is 28.4 Å². The molecule has 0 bridgehead atoms. The first-order valence-electron chi connectivity index (χ1n) is 12.5. The van der Waals surface area contributed by atoms with Crippen LogP contribution in [0.15, 0.2) is 118 Å². The SMILES string of the molecule is COP(=S)(OC)Oc1ccc(N=Nc2ccc(Cl)cc2)cc1.COP(=S)(OC)Oc1ccc(N=Nc2ccc(Cl)cc2)cc1. The van der Waals surface area contributed by atoms with Crippen LogP contribution in [-0.2, 0) is 41.7 Å². The van der Waals surface area contributed by atoms with Crippen LogP contribution >= 0.6 is 36.6 Å². The van der Waals surface area contributed by atoms with Gasteiger partial charge in [0.2, 0.25) is 0 Å². The molecule has 0 saturated heterocycles. The molecule has 0 atom stereocenters. The Balaban J connectivity index is 0.000000240. The van der Waals surface area contributed by atoms with Gasteiger partial charge in [0.15, 0.2) is 0 Å². The topological polar surface area (TPSA) is 105 Å². The second-order valence-corrected chi connectivity index (χ2v) is 15.3. The second-order valence-electron chi connectivity index (χ2n) is 8.15. The van der Waals surface area contributed by atoms with Gasteiger partial charge in [0.25, 0.3) is 0 Å². The summed E-state index contributed by atoms with van der Waals surface area (Å²) in [7, 11) is 5.83. The van der Waals surface area contributed by atoms with E-state index < -0.39 is 13.4 Å². The van der Waals surface area contributed by atoms with Crippen LogP contribution in [0.5, 0.6) is 11.5 Å². The molecule has 0 aliphatic carbocycles. The van der Waals surface area contributed by atoms with E-state index in [9.17, 15) is 0 Å². The Bertz CT molecular complexity index is 1490. The summed E-state index contributed by atoms with van der Waals surface area (Å²) in [6.07, 6.45) is 0. The highest BCUT2D eigenvalue weighted by Crippen LogP contribution is 2.49. The Morgan fingerprint density at radius 2 is 0.659 bits per heavy atom. The summed E-state index contributed by atoms with van der Waals surface area (Å²) >= 11 is 21.9. The van der Waals surface area contributed by atoms with E-state index in [-0.39, 0.29) is 0 Å². The third-order valence-corrected chi connectivity index (χ3v) is 10.6. The molecule has 232 valence electrons. The van der Waals surface area contributed by atoms with Crippen molar-refractivity contribution < 1.29 is 27.1 Å². The van der Waals surface area contributed by atoms with Gasteiger partial charge in [-0.3, -0.25) is 0 Å². The third-order valence-electron chi connectivity index (χ3n) is 5.22. The average Bonchev–Trinajstić information content (AvgIpc) is 3.06. The molecular weight excluding hydrogens is 685 g/mol. The Hall–Kier alpha value is -2.60. The maximum absolute atomic E-state index is 5.81. The molecule has 4 aromatic rings. The van der Waals surface area contributed by atoms with Crippen molar-refractivity contribution in [3.8, 4) is 11.5 Å². The Morgan fingerprint density at radius 3 is 0.886 bits per heavy atom. The zero-order chi connectivity index (χ0) is 32.0. The summed E-state index contributed by atoms with van der Waals surface area (Å²) in [4.78, 5) is 0. The first kappa shape index (κ1) is 35.9. The normalized spacial score (nSPS) is 11.8. The lowest BCUT2D eigenvalue weighted by molar-refractivity contribution is 0.272. The predicted octanol–water partition coefficient (Wildman–Crippen LogP) is 11.3. The van der Waals surface area contributed by atoms with Gasteiger partial charge in [-0.2, -0.15) is 20.5 Å². The molecule has 0 fully saturated rings. The molecule has 0 amide bonds. The van der Waals surface area contributed by atoms with Gasteiger partial charge in [-0.15, -0.1) is 0 Å². The first-order chi connectivity index (χ1) is 21.1. The summed E-state index contributed by atoms with van der Waals surface area (Å²) < 4.78 is 31.3. The zero-order valence-corrected chi connectivity index (χ0v) is 28.9. The van der Waals surface area contributed by atoms with E-state index in [1.165, 1.54) is 28.4 Å².